The maximum atomic E-state index is 10.0. The van der Waals surface area contributed by atoms with Crippen molar-refractivity contribution in [3.63, 3.8) is 0 Å². The van der Waals surface area contributed by atoms with E-state index in [0.717, 1.165) is 0 Å². The molecule has 22 heavy (non-hydrogen) atoms. The number of aliphatic hydroxyl groups is 3. The van der Waals surface area contributed by atoms with Gasteiger partial charge in [0.1, 0.15) is 24.4 Å². The van der Waals surface area contributed by atoms with Crippen molar-refractivity contribution in [3.05, 3.63) is 23.8 Å². The predicted octanol–water partition coefficient (Wildman–Crippen LogP) is -0.732. The first-order valence-electron chi connectivity index (χ1n) is 7.00. The highest BCUT2D eigenvalue weighted by Gasteiger charge is 2.48. The van der Waals surface area contributed by atoms with Gasteiger partial charge >= 0.3 is 0 Å². The Morgan fingerprint density at radius 3 is 2.64 bits per heavy atom. The summed E-state index contributed by atoms with van der Waals surface area (Å²) in [6.45, 7) is 0.303. The largest absolute Gasteiger partial charge is 0.454 e. The molecule has 8 nitrogen and oxygen atoms in total. The van der Waals surface area contributed by atoms with Crippen molar-refractivity contribution >= 4 is 0 Å². The summed E-state index contributed by atoms with van der Waals surface area (Å²) in [5.74, 6) is 1.25. The Morgan fingerprint density at radius 1 is 0.955 bits per heavy atom. The van der Waals surface area contributed by atoms with Crippen LogP contribution >= 0.6 is 0 Å². The van der Waals surface area contributed by atoms with Crippen LogP contribution in [0.25, 0.3) is 0 Å². The summed E-state index contributed by atoms with van der Waals surface area (Å²) in [7, 11) is 0. The van der Waals surface area contributed by atoms with Gasteiger partial charge in [-0.05, 0) is 18.2 Å². The zero-order chi connectivity index (χ0) is 15.3. The molecule has 120 valence electrons. The topological polar surface area (TPSA) is 107 Å². The summed E-state index contributed by atoms with van der Waals surface area (Å²) < 4.78 is 27.0. The van der Waals surface area contributed by atoms with Crippen LogP contribution < -0.4 is 9.47 Å². The highest BCUT2D eigenvalue weighted by Crippen LogP contribution is 2.38. The van der Waals surface area contributed by atoms with Crippen LogP contribution in [0.1, 0.15) is 11.9 Å². The highest BCUT2D eigenvalue weighted by molar-refractivity contribution is 5.44. The van der Waals surface area contributed by atoms with Crippen LogP contribution in [0, 0.1) is 0 Å². The van der Waals surface area contributed by atoms with E-state index in [1.165, 1.54) is 0 Å². The molecule has 0 radical (unpaired) electrons. The molecule has 0 bridgehead atoms. The number of aliphatic hydroxyl groups excluding tert-OH is 3. The van der Waals surface area contributed by atoms with Gasteiger partial charge in [0.05, 0.1) is 6.61 Å². The number of fused-ring (bicyclic) bond motifs is 2. The number of benzene rings is 1. The fourth-order valence-electron chi connectivity index (χ4n) is 2.82. The Morgan fingerprint density at radius 2 is 1.77 bits per heavy atom. The Kier molecular flexibility index (Phi) is 3.44. The first-order valence-corrected chi connectivity index (χ1v) is 7.00. The van der Waals surface area contributed by atoms with Gasteiger partial charge in [-0.3, -0.25) is 0 Å². The second-order valence-electron chi connectivity index (χ2n) is 5.42. The third kappa shape index (κ3) is 2.24. The highest BCUT2D eigenvalue weighted by atomic mass is 16.7. The minimum atomic E-state index is -1.45. The molecule has 6 atom stereocenters. The Hall–Kier alpha value is -1.42. The lowest BCUT2D eigenvalue weighted by atomic mass is 9.98. The van der Waals surface area contributed by atoms with Crippen LogP contribution in [0.15, 0.2) is 18.2 Å². The number of hydrogen-bond acceptors (Lipinski definition) is 8. The summed E-state index contributed by atoms with van der Waals surface area (Å²) in [5, 5.41) is 29.2. The fourth-order valence-corrected chi connectivity index (χ4v) is 2.82. The normalized spacial score (nSPS) is 40.3. The lowest BCUT2D eigenvalue weighted by molar-refractivity contribution is -0.354. The summed E-state index contributed by atoms with van der Waals surface area (Å²) in [4.78, 5) is 0. The molecule has 0 amide bonds. The Labute approximate surface area is 125 Å². The Bertz CT molecular complexity index is 562. The second kappa shape index (κ2) is 5.34. The number of ether oxygens (including phenoxy) is 5. The summed E-state index contributed by atoms with van der Waals surface area (Å²) in [5.41, 5.74) is 0.704. The van der Waals surface area contributed by atoms with Crippen LogP contribution in [-0.2, 0) is 14.2 Å². The quantitative estimate of drug-likeness (QED) is 0.623. The van der Waals surface area contributed by atoms with Crippen LogP contribution in [0.2, 0.25) is 0 Å². The maximum Gasteiger partial charge on any atom is 0.231 e. The van der Waals surface area contributed by atoms with Crippen molar-refractivity contribution in [1.29, 1.82) is 0 Å². The minimum absolute atomic E-state index is 0.130. The molecular weight excluding hydrogens is 296 g/mol. The predicted molar refractivity (Wildman–Crippen MR) is 69.0 cm³/mol. The third-order valence-electron chi connectivity index (χ3n) is 4.02. The van der Waals surface area contributed by atoms with Crippen molar-refractivity contribution in [1.82, 2.24) is 0 Å². The molecule has 3 heterocycles. The van der Waals surface area contributed by atoms with Crippen molar-refractivity contribution < 1.29 is 39.0 Å². The van der Waals surface area contributed by atoms with E-state index < -0.39 is 37.0 Å². The van der Waals surface area contributed by atoms with Crippen LogP contribution in [0.4, 0.5) is 0 Å². The van der Waals surface area contributed by atoms with Gasteiger partial charge in [-0.2, -0.15) is 0 Å². The van der Waals surface area contributed by atoms with Crippen LogP contribution in [0.3, 0.4) is 0 Å². The first-order chi connectivity index (χ1) is 10.6. The van der Waals surface area contributed by atoms with Crippen molar-refractivity contribution in [2.45, 2.75) is 37.0 Å². The lowest BCUT2D eigenvalue weighted by Gasteiger charge is -2.45. The molecule has 0 saturated carbocycles. The molecule has 1 aromatic carbocycles. The van der Waals surface area contributed by atoms with E-state index in [1.54, 1.807) is 18.2 Å². The first kappa shape index (κ1) is 14.2. The van der Waals surface area contributed by atoms with Gasteiger partial charge in [0.15, 0.2) is 24.1 Å². The molecule has 3 aliphatic rings. The smallest absolute Gasteiger partial charge is 0.231 e. The molecule has 0 aliphatic carbocycles. The van der Waals surface area contributed by atoms with Gasteiger partial charge in [0.25, 0.3) is 0 Å². The third-order valence-corrected chi connectivity index (χ3v) is 4.02. The zero-order valence-electron chi connectivity index (χ0n) is 11.5. The van der Waals surface area contributed by atoms with Crippen LogP contribution in [-0.4, -0.2) is 59.4 Å². The van der Waals surface area contributed by atoms with E-state index in [4.69, 9.17) is 23.7 Å². The van der Waals surface area contributed by atoms with Gasteiger partial charge in [-0.15, -0.1) is 0 Å². The van der Waals surface area contributed by atoms with Crippen molar-refractivity contribution in [2.75, 3.05) is 13.4 Å². The van der Waals surface area contributed by atoms with E-state index in [2.05, 4.69) is 0 Å². The zero-order valence-corrected chi connectivity index (χ0v) is 11.5. The molecule has 2 saturated heterocycles. The van der Waals surface area contributed by atoms with Crippen molar-refractivity contribution in [2.24, 2.45) is 0 Å². The minimum Gasteiger partial charge on any atom is -0.454 e. The molecular formula is C14H16O8. The average Bonchev–Trinajstić information content (AvgIpc) is 3.00. The summed E-state index contributed by atoms with van der Waals surface area (Å²) >= 11 is 0. The molecule has 8 heteroatoms. The van der Waals surface area contributed by atoms with Gasteiger partial charge in [0.2, 0.25) is 6.79 Å². The SMILES string of the molecule is OC1OC2COC(c3ccc4c(c3)OCO4)OC2C(O)C1O. The number of rotatable bonds is 1. The van der Waals surface area contributed by atoms with Crippen molar-refractivity contribution in [3.8, 4) is 11.5 Å². The lowest BCUT2D eigenvalue weighted by Crippen LogP contribution is -2.61. The van der Waals surface area contributed by atoms with Gasteiger partial charge in [-0.25, -0.2) is 0 Å². The van der Waals surface area contributed by atoms with Gasteiger partial charge in [0, 0.05) is 5.56 Å². The monoisotopic (exact) mass is 312 g/mol. The molecule has 6 unspecified atom stereocenters. The van der Waals surface area contributed by atoms with Gasteiger partial charge in [-0.1, -0.05) is 0 Å². The molecule has 1 aromatic rings. The van der Waals surface area contributed by atoms with E-state index in [-0.39, 0.29) is 13.4 Å². The molecule has 3 aliphatic heterocycles. The van der Waals surface area contributed by atoms with E-state index in [9.17, 15) is 15.3 Å². The molecule has 0 aromatic heterocycles. The fraction of sp³-hybridized carbons (Fsp3) is 0.571. The average molecular weight is 312 g/mol. The van der Waals surface area contributed by atoms with Crippen LogP contribution in [0.5, 0.6) is 11.5 Å². The van der Waals surface area contributed by atoms with Gasteiger partial charge < -0.3 is 39.0 Å². The maximum absolute atomic E-state index is 10.0. The molecule has 0 spiro atoms. The molecule has 3 N–H and O–H groups in total. The van der Waals surface area contributed by atoms with E-state index >= 15 is 0 Å². The molecule has 4 rings (SSSR count). The second-order valence-corrected chi connectivity index (χ2v) is 5.42. The van der Waals surface area contributed by atoms with E-state index in [1.807, 2.05) is 0 Å². The van der Waals surface area contributed by atoms with E-state index in [0.29, 0.717) is 17.1 Å². The summed E-state index contributed by atoms with van der Waals surface area (Å²) in [6.07, 6.45) is -6.28. The standard InChI is InChI=1S/C14H16O8/c15-10-11(16)13(17)21-9-4-18-14(22-12(9)10)6-1-2-7-8(3-6)20-5-19-7/h1-3,9-17H,4-5H2. The molecule has 2 fully saturated rings. The summed E-state index contributed by atoms with van der Waals surface area (Å²) in [6, 6.07) is 5.28. The Balaban J connectivity index is 1.53. The number of hydrogen-bond donors (Lipinski definition) is 3.